The van der Waals surface area contributed by atoms with E-state index >= 15 is 0 Å². The number of hydrogen-bond donors (Lipinski definition) is 2. The molecule has 0 aliphatic rings. The Morgan fingerprint density at radius 3 is 2.22 bits per heavy atom. The fourth-order valence-electron chi connectivity index (χ4n) is 2.22. The number of ether oxygens (including phenoxy) is 1. The Kier molecular flexibility index (Phi) is 8.29. The van der Waals surface area contributed by atoms with E-state index in [4.69, 9.17) is 10.5 Å². The quantitative estimate of drug-likeness (QED) is 0.727. The van der Waals surface area contributed by atoms with Gasteiger partial charge in [-0.1, -0.05) is 13.8 Å². The Labute approximate surface area is 138 Å². The van der Waals surface area contributed by atoms with E-state index in [9.17, 15) is 9.59 Å². The molecule has 0 saturated carbocycles. The number of carbonyl (C=O) groups is 2. The normalized spacial score (nSPS) is 11.8. The second kappa shape index (κ2) is 9.97. The predicted molar refractivity (Wildman–Crippen MR) is 91.4 cm³/mol. The van der Waals surface area contributed by atoms with Gasteiger partial charge in [0.1, 0.15) is 6.04 Å². The van der Waals surface area contributed by atoms with Crippen LogP contribution >= 0.6 is 0 Å². The maximum atomic E-state index is 12.5. The molecule has 1 aromatic rings. The number of rotatable bonds is 9. The van der Waals surface area contributed by atoms with Crippen LogP contribution in [0, 0.1) is 0 Å². The number of amides is 2. The average molecular weight is 321 g/mol. The molecule has 1 rings (SSSR count). The van der Waals surface area contributed by atoms with Crippen LogP contribution in [0.25, 0.3) is 0 Å². The van der Waals surface area contributed by atoms with Gasteiger partial charge < -0.3 is 20.7 Å². The van der Waals surface area contributed by atoms with E-state index in [2.05, 4.69) is 19.2 Å². The Balaban J connectivity index is 2.71. The van der Waals surface area contributed by atoms with Gasteiger partial charge in [0.2, 0.25) is 5.91 Å². The lowest BCUT2D eigenvalue weighted by Gasteiger charge is -2.21. The molecule has 6 nitrogen and oxygen atoms in total. The van der Waals surface area contributed by atoms with E-state index in [1.165, 1.54) is 7.11 Å². The summed E-state index contributed by atoms with van der Waals surface area (Å²) in [5.74, 6) is -0.299. The number of methoxy groups -OCH3 is 1. The van der Waals surface area contributed by atoms with E-state index in [1.54, 1.807) is 24.3 Å². The van der Waals surface area contributed by atoms with Crippen LogP contribution < -0.4 is 11.1 Å². The summed E-state index contributed by atoms with van der Waals surface area (Å²) in [6, 6.07) is 6.14. The number of benzene rings is 1. The highest BCUT2D eigenvalue weighted by Crippen LogP contribution is 2.12. The molecule has 6 heteroatoms. The van der Waals surface area contributed by atoms with Crippen molar-refractivity contribution in [1.29, 1.82) is 0 Å². The summed E-state index contributed by atoms with van der Waals surface area (Å²) in [5, 5.41) is 2.70. The van der Waals surface area contributed by atoms with Crippen LogP contribution in [-0.4, -0.2) is 49.6 Å². The second-order valence-electron chi connectivity index (χ2n) is 5.42. The van der Waals surface area contributed by atoms with Gasteiger partial charge in [-0.3, -0.25) is 9.59 Å². The van der Waals surface area contributed by atoms with Crippen LogP contribution in [0.4, 0.5) is 5.69 Å². The first-order valence-corrected chi connectivity index (χ1v) is 7.98. The minimum atomic E-state index is -0.717. The topological polar surface area (TPSA) is 84.7 Å². The lowest BCUT2D eigenvalue weighted by atomic mass is 10.1. The van der Waals surface area contributed by atoms with Gasteiger partial charge in [0.15, 0.2) is 0 Å². The number of nitrogens with zero attached hydrogens (tertiary/aromatic N) is 1. The molecule has 3 N–H and O–H groups in total. The largest absolute Gasteiger partial charge is 0.383 e. The molecule has 0 aliphatic carbocycles. The third-order valence-electron chi connectivity index (χ3n) is 3.36. The zero-order valence-corrected chi connectivity index (χ0v) is 14.2. The van der Waals surface area contributed by atoms with E-state index < -0.39 is 6.04 Å². The summed E-state index contributed by atoms with van der Waals surface area (Å²) in [6.07, 6.45) is 1.86. The fourth-order valence-corrected chi connectivity index (χ4v) is 2.22. The standard InChI is InChI=1S/C17H27N3O3/c1-4-10-20(11-5-2)17(22)13-6-8-14(9-7-13)19-16(21)15(18)12-23-3/h6-9,15H,4-5,10-12,18H2,1-3H3,(H,19,21). The van der Waals surface area contributed by atoms with E-state index in [0.717, 1.165) is 25.9 Å². The van der Waals surface area contributed by atoms with Crippen LogP contribution in [0.15, 0.2) is 24.3 Å². The van der Waals surface area contributed by atoms with Crippen LogP contribution in [0.1, 0.15) is 37.0 Å². The fraction of sp³-hybridized carbons (Fsp3) is 0.529. The molecule has 1 atom stereocenters. The summed E-state index contributed by atoms with van der Waals surface area (Å²) < 4.78 is 4.85. The number of nitrogens with two attached hydrogens (primary N) is 1. The van der Waals surface area contributed by atoms with Crippen LogP contribution in [-0.2, 0) is 9.53 Å². The molecule has 2 amide bonds. The molecule has 0 heterocycles. The predicted octanol–water partition coefficient (Wildman–Crippen LogP) is 1.86. The lowest BCUT2D eigenvalue weighted by molar-refractivity contribution is -0.118. The van der Waals surface area contributed by atoms with Crippen molar-refractivity contribution < 1.29 is 14.3 Å². The maximum Gasteiger partial charge on any atom is 0.253 e. The number of carbonyl (C=O) groups excluding carboxylic acids is 2. The zero-order chi connectivity index (χ0) is 17.2. The summed E-state index contributed by atoms with van der Waals surface area (Å²) in [7, 11) is 1.49. The van der Waals surface area contributed by atoms with E-state index in [-0.39, 0.29) is 18.4 Å². The van der Waals surface area contributed by atoms with Gasteiger partial charge in [-0.2, -0.15) is 0 Å². The van der Waals surface area contributed by atoms with Crippen molar-refractivity contribution >= 4 is 17.5 Å². The molecular formula is C17H27N3O3. The Bertz CT molecular complexity index is 496. The van der Waals surface area contributed by atoms with Gasteiger partial charge in [-0.05, 0) is 37.1 Å². The van der Waals surface area contributed by atoms with E-state index in [1.807, 2.05) is 4.90 Å². The Morgan fingerprint density at radius 1 is 1.17 bits per heavy atom. The van der Waals surface area contributed by atoms with Crippen molar-refractivity contribution in [3.8, 4) is 0 Å². The van der Waals surface area contributed by atoms with Crippen molar-refractivity contribution in [2.45, 2.75) is 32.7 Å². The summed E-state index contributed by atoms with van der Waals surface area (Å²) in [4.78, 5) is 26.1. The number of hydrogen-bond acceptors (Lipinski definition) is 4. The van der Waals surface area contributed by atoms with Crippen LogP contribution in [0.3, 0.4) is 0 Å². The molecule has 1 aromatic carbocycles. The smallest absolute Gasteiger partial charge is 0.253 e. The van der Waals surface area contributed by atoms with Crippen LogP contribution in [0.5, 0.6) is 0 Å². The molecule has 1 unspecified atom stereocenters. The van der Waals surface area contributed by atoms with Crippen molar-refractivity contribution in [1.82, 2.24) is 4.90 Å². The highest BCUT2D eigenvalue weighted by molar-refractivity contribution is 5.97. The lowest BCUT2D eigenvalue weighted by Crippen LogP contribution is -2.39. The third-order valence-corrected chi connectivity index (χ3v) is 3.36. The molecule has 0 bridgehead atoms. The van der Waals surface area contributed by atoms with Gasteiger partial charge >= 0.3 is 0 Å². The molecule has 0 saturated heterocycles. The van der Waals surface area contributed by atoms with Gasteiger partial charge in [0.05, 0.1) is 6.61 Å². The molecule has 0 radical (unpaired) electrons. The zero-order valence-electron chi connectivity index (χ0n) is 14.2. The Morgan fingerprint density at radius 2 is 1.74 bits per heavy atom. The highest BCUT2D eigenvalue weighted by atomic mass is 16.5. The minimum absolute atomic E-state index is 0.0164. The van der Waals surface area contributed by atoms with Gasteiger partial charge in [-0.15, -0.1) is 0 Å². The number of nitrogens with one attached hydrogen (secondary N) is 1. The molecular weight excluding hydrogens is 294 g/mol. The first-order chi connectivity index (χ1) is 11.0. The van der Waals surface area contributed by atoms with Gasteiger partial charge in [0, 0.05) is 31.5 Å². The maximum absolute atomic E-state index is 12.5. The molecule has 23 heavy (non-hydrogen) atoms. The van der Waals surface area contributed by atoms with Gasteiger partial charge in [-0.25, -0.2) is 0 Å². The summed E-state index contributed by atoms with van der Waals surface area (Å²) in [5.41, 5.74) is 6.89. The first-order valence-electron chi connectivity index (χ1n) is 7.98. The summed E-state index contributed by atoms with van der Waals surface area (Å²) in [6.45, 7) is 5.76. The van der Waals surface area contributed by atoms with Crippen molar-refractivity contribution in [3.05, 3.63) is 29.8 Å². The molecule has 0 spiro atoms. The number of anilines is 1. The highest BCUT2D eigenvalue weighted by Gasteiger charge is 2.15. The molecule has 0 fully saturated rings. The monoisotopic (exact) mass is 321 g/mol. The first kappa shape index (κ1) is 19.1. The second-order valence-corrected chi connectivity index (χ2v) is 5.42. The minimum Gasteiger partial charge on any atom is -0.383 e. The van der Waals surface area contributed by atoms with Crippen LogP contribution in [0.2, 0.25) is 0 Å². The third kappa shape index (κ3) is 6.00. The molecule has 0 aromatic heterocycles. The average Bonchev–Trinajstić information content (AvgIpc) is 2.55. The Hall–Kier alpha value is -1.92. The SMILES string of the molecule is CCCN(CCC)C(=O)c1ccc(NC(=O)C(N)COC)cc1. The van der Waals surface area contributed by atoms with Crippen molar-refractivity contribution in [3.63, 3.8) is 0 Å². The van der Waals surface area contributed by atoms with Crippen molar-refractivity contribution in [2.24, 2.45) is 5.73 Å². The molecule has 128 valence electrons. The molecule has 0 aliphatic heterocycles. The van der Waals surface area contributed by atoms with E-state index in [0.29, 0.717) is 11.3 Å². The van der Waals surface area contributed by atoms with Gasteiger partial charge in [0.25, 0.3) is 5.91 Å². The van der Waals surface area contributed by atoms with Crippen molar-refractivity contribution in [2.75, 3.05) is 32.1 Å². The summed E-state index contributed by atoms with van der Waals surface area (Å²) >= 11 is 0.